The van der Waals surface area contributed by atoms with Gasteiger partial charge in [-0.25, -0.2) is 0 Å². The van der Waals surface area contributed by atoms with Crippen LogP contribution >= 0.6 is 0 Å². The molecule has 0 spiro atoms. The molecule has 0 radical (unpaired) electrons. The van der Waals surface area contributed by atoms with Gasteiger partial charge in [-0.1, -0.05) is 19.8 Å². The first-order valence-corrected chi connectivity index (χ1v) is 4.60. The number of amides is 1. The minimum Gasteiger partial charge on any atom is -0.345 e. The predicted molar refractivity (Wildman–Crippen MR) is 54.2 cm³/mol. The smallest absolute Gasteiger partial charge is 0.224 e. The topological polar surface area (TPSA) is 41.1 Å². The highest BCUT2D eigenvalue weighted by Crippen LogP contribution is 1.91. The van der Waals surface area contributed by atoms with Gasteiger partial charge in [0.15, 0.2) is 0 Å². The standard InChI is InChI=1S/C10H18N2O/c1-4-6-7-12-10(13)9(3)8-11-5-2/h9,11H,5,7-8H2,1-3H3,(H,12,13). The van der Waals surface area contributed by atoms with Crippen molar-refractivity contribution in [3.05, 3.63) is 0 Å². The van der Waals surface area contributed by atoms with Crippen LogP contribution in [-0.2, 0) is 4.79 Å². The molecule has 0 aromatic carbocycles. The Balaban J connectivity index is 3.60. The summed E-state index contributed by atoms with van der Waals surface area (Å²) < 4.78 is 0. The summed E-state index contributed by atoms with van der Waals surface area (Å²) in [5, 5.41) is 5.86. The van der Waals surface area contributed by atoms with Crippen molar-refractivity contribution >= 4 is 5.91 Å². The molecule has 0 aliphatic heterocycles. The van der Waals surface area contributed by atoms with Crippen LogP contribution in [0.4, 0.5) is 0 Å². The first kappa shape index (κ1) is 12.0. The molecule has 0 saturated heterocycles. The maximum Gasteiger partial charge on any atom is 0.224 e. The third-order valence-corrected chi connectivity index (χ3v) is 1.68. The summed E-state index contributed by atoms with van der Waals surface area (Å²) in [6.45, 7) is 7.75. The Hall–Kier alpha value is -1.01. The highest BCUT2D eigenvalue weighted by molar-refractivity contribution is 5.78. The SMILES string of the molecule is CC#CCNC(=O)C(C)CNCC. The molecule has 0 saturated carbocycles. The van der Waals surface area contributed by atoms with Crippen molar-refractivity contribution in [3.8, 4) is 11.8 Å². The first-order valence-electron chi connectivity index (χ1n) is 4.60. The fourth-order valence-corrected chi connectivity index (χ4v) is 0.847. The molecule has 74 valence electrons. The fourth-order valence-electron chi connectivity index (χ4n) is 0.847. The molecule has 0 aromatic rings. The maximum atomic E-state index is 11.3. The van der Waals surface area contributed by atoms with Gasteiger partial charge >= 0.3 is 0 Å². The van der Waals surface area contributed by atoms with Crippen molar-refractivity contribution in [2.24, 2.45) is 5.92 Å². The molecule has 0 aromatic heterocycles. The van der Waals surface area contributed by atoms with E-state index in [9.17, 15) is 4.79 Å². The molecule has 0 fully saturated rings. The summed E-state index contributed by atoms with van der Waals surface area (Å²) in [6, 6.07) is 0. The zero-order valence-corrected chi connectivity index (χ0v) is 8.61. The van der Waals surface area contributed by atoms with E-state index >= 15 is 0 Å². The lowest BCUT2D eigenvalue weighted by Crippen LogP contribution is -2.35. The van der Waals surface area contributed by atoms with Crippen molar-refractivity contribution in [2.45, 2.75) is 20.8 Å². The van der Waals surface area contributed by atoms with Crippen molar-refractivity contribution < 1.29 is 4.79 Å². The molecule has 0 aliphatic carbocycles. The van der Waals surface area contributed by atoms with Crippen molar-refractivity contribution in [1.29, 1.82) is 0 Å². The van der Waals surface area contributed by atoms with Crippen LogP contribution in [0.25, 0.3) is 0 Å². The molecule has 2 N–H and O–H groups in total. The van der Waals surface area contributed by atoms with Crippen molar-refractivity contribution in [3.63, 3.8) is 0 Å². The van der Waals surface area contributed by atoms with E-state index in [0.717, 1.165) is 13.1 Å². The van der Waals surface area contributed by atoms with E-state index in [4.69, 9.17) is 0 Å². The Morgan fingerprint density at radius 1 is 1.54 bits per heavy atom. The number of nitrogens with one attached hydrogen (secondary N) is 2. The first-order chi connectivity index (χ1) is 6.22. The summed E-state index contributed by atoms with van der Waals surface area (Å²) >= 11 is 0. The molecule has 1 atom stereocenters. The van der Waals surface area contributed by atoms with Gasteiger partial charge in [0.1, 0.15) is 0 Å². The lowest BCUT2D eigenvalue weighted by Gasteiger charge is -2.10. The predicted octanol–water partition coefficient (Wildman–Crippen LogP) is 0.371. The van der Waals surface area contributed by atoms with Gasteiger partial charge in [0.25, 0.3) is 0 Å². The average Bonchev–Trinajstić information content (AvgIpc) is 2.14. The van der Waals surface area contributed by atoms with Gasteiger partial charge in [-0.05, 0) is 13.5 Å². The molecule has 0 rings (SSSR count). The molecule has 1 amide bonds. The molecule has 13 heavy (non-hydrogen) atoms. The van der Waals surface area contributed by atoms with Gasteiger partial charge in [0.05, 0.1) is 6.54 Å². The maximum absolute atomic E-state index is 11.3. The summed E-state index contributed by atoms with van der Waals surface area (Å²) in [7, 11) is 0. The minimum atomic E-state index is 0.0126. The normalized spacial score (nSPS) is 11.3. The third kappa shape index (κ3) is 6.18. The molecule has 3 nitrogen and oxygen atoms in total. The molecule has 0 aliphatic rings. The number of carbonyl (C=O) groups excluding carboxylic acids is 1. The van der Waals surface area contributed by atoms with Crippen LogP contribution in [-0.4, -0.2) is 25.5 Å². The Labute approximate surface area is 80.3 Å². The van der Waals surface area contributed by atoms with E-state index in [0.29, 0.717) is 6.54 Å². The zero-order valence-electron chi connectivity index (χ0n) is 8.61. The lowest BCUT2D eigenvalue weighted by molar-refractivity contribution is -0.124. The Bertz CT molecular complexity index is 203. The van der Waals surface area contributed by atoms with Gasteiger partial charge < -0.3 is 10.6 Å². The van der Waals surface area contributed by atoms with E-state index in [1.54, 1.807) is 6.92 Å². The largest absolute Gasteiger partial charge is 0.345 e. The molecular weight excluding hydrogens is 164 g/mol. The molecule has 0 heterocycles. The van der Waals surface area contributed by atoms with Crippen molar-refractivity contribution in [2.75, 3.05) is 19.6 Å². The van der Waals surface area contributed by atoms with Crippen LogP contribution in [0, 0.1) is 17.8 Å². The molecule has 0 bridgehead atoms. The van der Waals surface area contributed by atoms with Gasteiger partial charge in [0, 0.05) is 12.5 Å². The second-order valence-electron chi connectivity index (χ2n) is 2.85. The van der Waals surface area contributed by atoms with Gasteiger partial charge in [-0.15, -0.1) is 5.92 Å². The summed E-state index contributed by atoms with van der Waals surface area (Å²) in [4.78, 5) is 11.3. The average molecular weight is 182 g/mol. The second kappa shape index (κ2) is 7.63. The molecule has 1 unspecified atom stereocenters. The third-order valence-electron chi connectivity index (χ3n) is 1.68. The van der Waals surface area contributed by atoms with Crippen LogP contribution in [0.15, 0.2) is 0 Å². The second-order valence-corrected chi connectivity index (χ2v) is 2.85. The van der Waals surface area contributed by atoms with Crippen LogP contribution in [0.5, 0.6) is 0 Å². The summed E-state index contributed by atoms with van der Waals surface area (Å²) in [5.74, 6) is 5.58. The van der Waals surface area contributed by atoms with Crippen molar-refractivity contribution in [1.82, 2.24) is 10.6 Å². The van der Waals surface area contributed by atoms with E-state index in [1.807, 2.05) is 13.8 Å². The Morgan fingerprint density at radius 2 is 2.23 bits per heavy atom. The number of hydrogen-bond acceptors (Lipinski definition) is 2. The Morgan fingerprint density at radius 3 is 2.77 bits per heavy atom. The highest BCUT2D eigenvalue weighted by atomic mass is 16.1. The van der Waals surface area contributed by atoms with Crippen LogP contribution < -0.4 is 10.6 Å². The quantitative estimate of drug-likeness (QED) is 0.603. The lowest BCUT2D eigenvalue weighted by atomic mass is 10.1. The van der Waals surface area contributed by atoms with E-state index in [1.165, 1.54) is 0 Å². The van der Waals surface area contributed by atoms with E-state index < -0.39 is 0 Å². The number of hydrogen-bond donors (Lipinski definition) is 2. The molecule has 3 heteroatoms. The van der Waals surface area contributed by atoms with E-state index in [-0.39, 0.29) is 11.8 Å². The van der Waals surface area contributed by atoms with Crippen LogP contribution in [0.1, 0.15) is 20.8 Å². The zero-order chi connectivity index (χ0) is 10.1. The van der Waals surface area contributed by atoms with E-state index in [2.05, 4.69) is 22.5 Å². The summed E-state index contributed by atoms with van der Waals surface area (Å²) in [5.41, 5.74) is 0. The van der Waals surface area contributed by atoms with Gasteiger partial charge in [-0.3, -0.25) is 4.79 Å². The summed E-state index contributed by atoms with van der Waals surface area (Å²) in [6.07, 6.45) is 0. The van der Waals surface area contributed by atoms with Crippen LogP contribution in [0.2, 0.25) is 0 Å². The fraction of sp³-hybridized carbons (Fsp3) is 0.700. The Kier molecular flexibility index (Phi) is 7.04. The van der Waals surface area contributed by atoms with Gasteiger partial charge in [-0.2, -0.15) is 0 Å². The highest BCUT2D eigenvalue weighted by Gasteiger charge is 2.09. The van der Waals surface area contributed by atoms with Gasteiger partial charge in [0.2, 0.25) is 5.91 Å². The minimum absolute atomic E-state index is 0.0126. The number of rotatable bonds is 5. The monoisotopic (exact) mass is 182 g/mol. The number of carbonyl (C=O) groups is 1. The van der Waals surface area contributed by atoms with Crippen LogP contribution in [0.3, 0.4) is 0 Å². The molecular formula is C10H18N2O.